The molecule has 0 aliphatic carbocycles. The van der Waals surface area contributed by atoms with Crippen molar-refractivity contribution in [3.63, 3.8) is 0 Å². The third-order valence-electron chi connectivity index (χ3n) is 3.29. The highest BCUT2D eigenvalue weighted by Gasteiger charge is 2.17. The van der Waals surface area contributed by atoms with Crippen LogP contribution in [0.1, 0.15) is 6.42 Å². The Kier molecular flexibility index (Phi) is 3.92. The Balaban J connectivity index is 1.71. The number of anilines is 2. The molecule has 1 aliphatic rings. The molecule has 0 unspecified atom stereocenters. The Hall–Kier alpha value is -1.95. The van der Waals surface area contributed by atoms with Crippen LogP contribution in [0.3, 0.4) is 0 Å². The third kappa shape index (κ3) is 2.96. The van der Waals surface area contributed by atoms with Gasteiger partial charge >= 0.3 is 0 Å². The minimum atomic E-state index is 0.428. The maximum Gasteiger partial charge on any atom is 0.151 e. The summed E-state index contributed by atoms with van der Waals surface area (Å²) in [6, 6.07) is 3.90. The summed E-state index contributed by atoms with van der Waals surface area (Å²) in [5.41, 5.74) is 0. The molecule has 2 aromatic heterocycles. The van der Waals surface area contributed by atoms with E-state index in [4.69, 9.17) is 11.6 Å². The average molecular weight is 291 g/mol. The van der Waals surface area contributed by atoms with Crippen molar-refractivity contribution in [2.24, 2.45) is 0 Å². The first-order chi connectivity index (χ1) is 9.83. The van der Waals surface area contributed by atoms with Gasteiger partial charge < -0.3 is 9.80 Å². The summed E-state index contributed by atoms with van der Waals surface area (Å²) < 4.78 is 0. The summed E-state index contributed by atoms with van der Waals surface area (Å²) >= 11 is 5.90. The number of hydrogen-bond acceptors (Lipinski definition) is 6. The Morgan fingerprint density at radius 2 is 1.80 bits per heavy atom. The number of nitrogens with zero attached hydrogens (tertiary/aromatic N) is 6. The van der Waals surface area contributed by atoms with Crippen LogP contribution in [-0.2, 0) is 0 Å². The first-order valence-electron chi connectivity index (χ1n) is 6.58. The molecule has 0 spiro atoms. The van der Waals surface area contributed by atoms with Gasteiger partial charge in [0.1, 0.15) is 11.0 Å². The van der Waals surface area contributed by atoms with E-state index >= 15 is 0 Å². The molecule has 1 fully saturated rings. The summed E-state index contributed by atoms with van der Waals surface area (Å²) in [5.74, 6) is 1.75. The molecule has 0 atom stereocenters. The standard InChI is InChI=1S/C13H15ClN6/c14-11-9-15-10-13(17-11)20-6-2-5-19(7-8-20)12-3-1-4-16-18-12/h1,3-4,9-10H,2,5-8H2. The van der Waals surface area contributed by atoms with Gasteiger partial charge in [-0.1, -0.05) is 11.6 Å². The minimum absolute atomic E-state index is 0.428. The van der Waals surface area contributed by atoms with E-state index in [9.17, 15) is 0 Å². The molecule has 2 aromatic rings. The lowest BCUT2D eigenvalue weighted by Gasteiger charge is -2.22. The SMILES string of the molecule is Clc1cncc(N2CCCN(c3cccnn3)CC2)n1. The first-order valence-corrected chi connectivity index (χ1v) is 6.96. The minimum Gasteiger partial charge on any atom is -0.353 e. The van der Waals surface area contributed by atoms with Crippen molar-refractivity contribution in [2.45, 2.75) is 6.42 Å². The van der Waals surface area contributed by atoms with Gasteiger partial charge in [0, 0.05) is 32.4 Å². The maximum absolute atomic E-state index is 5.90. The van der Waals surface area contributed by atoms with Crippen LogP contribution in [0, 0.1) is 0 Å². The summed E-state index contributed by atoms with van der Waals surface area (Å²) in [5, 5.41) is 8.53. The highest BCUT2D eigenvalue weighted by atomic mass is 35.5. The zero-order valence-electron chi connectivity index (χ0n) is 11.0. The normalized spacial score (nSPS) is 16.1. The largest absolute Gasteiger partial charge is 0.353 e. The number of aromatic nitrogens is 4. The molecule has 7 heteroatoms. The second-order valence-corrected chi connectivity index (χ2v) is 5.00. The fourth-order valence-corrected chi connectivity index (χ4v) is 2.47. The summed E-state index contributed by atoms with van der Waals surface area (Å²) in [6.07, 6.45) is 6.03. The summed E-state index contributed by atoms with van der Waals surface area (Å²) in [4.78, 5) is 12.9. The molecule has 0 N–H and O–H groups in total. The number of hydrogen-bond donors (Lipinski definition) is 0. The van der Waals surface area contributed by atoms with Gasteiger partial charge in [-0.25, -0.2) is 4.98 Å². The molecular formula is C13H15ClN6. The second kappa shape index (κ2) is 6.00. The smallest absolute Gasteiger partial charge is 0.151 e. The van der Waals surface area contributed by atoms with Crippen LogP contribution in [0.2, 0.25) is 5.15 Å². The van der Waals surface area contributed by atoms with Gasteiger partial charge in [0.05, 0.1) is 12.4 Å². The predicted molar refractivity (Wildman–Crippen MR) is 78.1 cm³/mol. The van der Waals surface area contributed by atoms with Crippen molar-refractivity contribution in [1.82, 2.24) is 20.2 Å². The summed E-state index contributed by atoms with van der Waals surface area (Å²) in [6.45, 7) is 3.65. The molecule has 1 aliphatic heterocycles. The third-order valence-corrected chi connectivity index (χ3v) is 3.48. The van der Waals surface area contributed by atoms with E-state index < -0.39 is 0 Å². The number of rotatable bonds is 2. The molecule has 0 bridgehead atoms. The Labute approximate surface area is 122 Å². The van der Waals surface area contributed by atoms with Crippen molar-refractivity contribution in [3.05, 3.63) is 35.9 Å². The van der Waals surface area contributed by atoms with Gasteiger partial charge in [-0.15, -0.1) is 5.10 Å². The molecule has 0 saturated carbocycles. The molecule has 104 valence electrons. The quantitative estimate of drug-likeness (QED) is 0.838. The van der Waals surface area contributed by atoms with Crippen LogP contribution in [0.15, 0.2) is 30.7 Å². The fourth-order valence-electron chi connectivity index (χ4n) is 2.32. The van der Waals surface area contributed by atoms with Crippen molar-refractivity contribution in [2.75, 3.05) is 36.0 Å². The van der Waals surface area contributed by atoms with E-state index in [1.165, 1.54) is 0 Å². The highest BCUT2D eigenvalue weighted by molar-refractivity contribution is 6.29. The second-order valence-electron chi connectivity index (χ2n) is 4.61. The highest BCUT2D eigenvalue weighted by Crippen LogP contribution is 2.17. The Bertz CT molecular complexity index is 564. The molecule has 0 radical (unpaired) electrons. The van der Waals surface area contributed by atoms with E-state index in [1.54, 1.807) is 18.6 Å². The molecule has 3 heterocycles. The molecule has 0 amide bonds. The van der Waals surface area contributed by atoms with E-state index in [0.29, 0.717) is 5.15 Å². The fraction of sp³-hybridized carbons (Fsp3) is 0.385. The van der Waals surface area contributed by atoms with Crippen LogP contribution >= 0.6 is 11.6 Å². The van der Waals surface area contributed by atoms with Gasteiger partial charge in [0.25, 0.3) is 0 Å². The lowest BCUT2D eigenvalue weighted by Crippen LogP contribution is -2.31. The van der Waals surface area contributed by atoms with E-state index in [2.05, 4.69) is 30.0 Å². The van der Waals surface area contributed by atoms with Gasteiger partial charge in [-0.2, -0.15) is 5.10 Å². The molecule has 6 nitrogen and oxygen atoms in total. The average Bonchev–Trinajstić information content (AvgIpc) is 2.74. The van der Waals surface area contributed by atoms with Gasteiger partial charge in [0.2, 0.25) is 0 Å². The maximum atomic E-state index is 5.90. The van der Waals surface area contributed by atoms with Crippen LogP contribution in [0.25, 0.3) is 0 Å². The van der Waals surface area contributed by atoms with Crippen LogP contribution in [-0.4, -0.2) is 46.3 Å². The molecule has 1 saturated heterocycles. The van der Waals surface area contributed by atoms with Gasteiger partial charge in [-0.3, -0.25) is 4.98 Å². The molecule has 20 heavy (non-hydrogen) atoms. The van der Waals surface area contributed by atoms with Crippen LogP contribution in [0.4, 0.5) is 11.6 Å². The monoisotopic (exact) mass is 290 g/mol. The Morgan fingerprint density at radius 3 is 2.50 bits per heavy atom. The van der Waals surface area contributed by atoms with Gasteiger partial charge in [0.15, 0.2) is 5.82 Å². The van der Waals surface area contributed by atoms with Crippen molar-refractivity contribution >= 4 is 23.2 Å². The lowest BCUT2D eigenvalue weighted by atomic mass is 10.3. The zero-order chi connectivity index (χ0) is 13.8. The van der Waals surface area contributed by atoms with Crippen molar-refractivity contribution in [3.8, 4) is 0 Å². The summed E-state index contributed by atoms with van der Waals surface area (Å²) in [7, 11) is 0. The van der Waals surface area contributed by atoms with Crippen molar-refractivity contribution < 1.29 is 0 Å². The number of halogens is 1. The van der Waals surface area contributed by atoms with Crippen LogP contribution in [0.5, 0.6) is 0 Å². The molecule has 0 aromatic carbocycles. The van der Waals surface area contributed by atoms with Crippen LogP contribution < -0.4 is 9.80 Å². The Morgan fingerprint density at radius 1 is 1.00 bits per heavy atom. The van der Waals surface area contributed by atoms with E-state index in [0.717, 1.165) is 44.2 Å². The lowest BCUT2D eigenvalue weighted by molar-refractivity contribution is 0.785. The molecule has 3 rings (SSSR count). The topological polar surface area (TPSA) is 58.0 Å². The van der Waals surface area contributed by atoms with Crippen molar-refractivity contribution in [1.29, 1.82) is 0 Å². The zero-order valence-corrected chi connectivity index (χ0v) is 11.7. The van der Waals surface area contributed by atoms with Gasteiger partial charge in [-0.05, 0) is 18.6 Å². The predicted octanol–water partition coefficient (Wildman–Crippen LogP) is 1.64. The van der Waals surface area contributed by atoms with E-state index in [-0.39, 0.29) is 0 Å². The molecular weight excluding hydrogens is 276 g/mol. The van der Waals surface area contributed by atoms with E-state index in [1.807, 2.05) is 12.1 Å². The first kappa shape index (κ1) is 13.1.